The molecule has 18 heavy (non-hydrogen) atoms. The highest BCUT2D eigenvalue weighted by Crippen LogP contribution is 2.27. The molecule has 1 aliphatic heterocycles. The number of hydrogen-bond donors (Lipinski definition) is 1. The van der Waals surface area contributed by atoms with Gasteiger partial charge in [-0.15, -0.1) is 11.3 Å². The topological polar surface area (TPSA) is 28.2 Å². The van der Waals surface area contributed by atoms with Crippen LogP contribution in [0.15, 0.2) is 6.20 Å². The molecule has 1 atom stereocenters. The van der Waals surface area contributed by atoms with Gasteiger partial charge in [0.15, 0.2) is 5.13 Å². The summed E-state index contributed by atoms with van der Waals surface area (Å²) in [5.74, 6) is 1.52. The van der Waals surface area contributed by atoms with E-state index in [9.17, 15) is 0 Å². The van der Waals surface area contributed by atoms with E-state index in [0.29, 0.717) is 5.92 Å². The van der Waals surface area contributed by atoms with Crippen LogP contribution in [-0.4, -0.2) is 24.6 Å². The first kappa shape index (κ1) is 13.8. The van der Waals surface area contributed by atoms with Crippen LogP contribution in [0.5, 0.6) is 0 Å². The Morgan fingerprint density at radius 1 is 1.56 bits per heavy atom. The maximum absolute atomic E-state index is 4.58. The van der Waals surface area contributed by atoms with Crippen LogP contribution in [0.25, 0.3) is 0 Å². The largest absolute Gasteiger partial charge is 0.348 e. The van der Waals surface area contributed by atoms with E-state index in [4.69, 9.17) is 0 Å². The van der Waals surface area contributed by atoms with Crippen LogP contribution in [0.4, 0.5) is 5.13 Å². The van der Waals surface area contributed by atoms with Crippen molar-refractivity contribution in [3.05, 3.63) is 11.1 Å². The SMILES string of the molecule is CC(C)CNCc1cnc(N2CCCC(C)C2)s1. The Labute approximate surface area is 115 Å². The molecule has 0 bridgehead atoms. The smallest absolute Gasteiger partial charge is 0.185 e. The molecule has 1 saturated heterocycles. The van der Waals surface area contributed by atoms with Crippen LogP contribution in [0.3, 0.4) is 0 Å². The molecule has 0 amide bonds. The summed E-state index contributed by atoms with van der Waals surface area (Å²) < 4.78 is 0. The second-order valence-corrected chi connectivity index (χ2v) is 6.92. The lowest BCUT2D eigenvalue weighted by atomic mass is 10.0. The maximum atomic E-state index is 4.58. The number of nitrogens with one attached hydrogen (secondary N) is 1. The van der Waals surface area contributed by atoms with Gasteiger partial charge in [-0.2, -0.15) is 0 Å². The van der Waals surface area contributed by atoms with E-state index < -0.39 is 0 Å². The number of aromatic nitrogens is 1. The lowest BCUT2D eigenvalue weighted by Crippen LogP contribution is -2.34. The molecule has 1 fully saturated rings. The molecular weight excluding hydrogens is 242 g/mol. The van der Waals surface area contributed by atoms with Crippen molar-refractivity contribution >= 4 is 16.5 Å². The summed E-state index contributed by atoms with van der Waals surface area (Å²) in [4.78, 5) is 8.38. The number of nitrogens with zero attached hydrogens (tertiary/aromatic N) is 2. The number of thiazole rings is 1. The van der Waals surface area contributed by atoms with Crippen molar-refractivity contribution in [2.75, 3.05) is 24.5 Å². The number of hydrogen-bond acceptors (Lipinski definition) is 4. The Bertz CT molecular complexity index is 362. The average Bonchev–Trinajstić information content (AvgIpc) is 2.77. The Hall–Kier alpha value is -0.610. The van der Waals surface area contributed by atoms with Crippen molar-refractivity contribution in [2.24, 2.45) is 11.8 Å². The van der Waals surface area contributed by atoms with Crippen molar-refractivity contribution < 1.29 is 0 Å². The van der Waals surface area contributed by atoms with Gasteiger partial charge in [-0.1, -0.05) is 20.8 Å². The van der Waals surface area contributed by atoms with Crippen LogP contribution >= 0.6 is 11.3 Å². The van der Waals surface area contributed by atoms with Gasteiger partial charge in [0.25, 0.3) is 0 Å². The van der Waals surface area contributed by atoms with Gasteiger partial charge in [-0.05, 0) is 31.2 Å². The summed E-state index contributed by atoms with van der Waals surface area (Å²) >= 11 is 1.85. The van der Waals surface area contributed by atoms with Gasteiger partial charge in [-0.3, -0.25) is 0 Å². The summed E-state index contributed by atoms with van der Waals surface area (Å²) in [5.41, 5.74) is 0. The van der Waals surface area contributed by atoms with Gasteiger partial charge >= 0.3 is 0 Å². The van der Waals surface area contributed by atoms with Crippen LogP contribution in [-0.2, 0) is 6.54 Å². The Balaban J connectivity index is 1.85. The fourth-order valence-corrected chi connectivity index (χ4v) is 3.29. The summed E-state index contributed by atoms with van der Waals surface area (Å²) in [6.07, 6.45) is 4.71. The van der Waals surface area contributed by atoms with E-state index in [1.807, 2.05) is 17.5 Å². The maximum Gasteiger partial charge on any atom is 0.185 e. The van der Waals surface area contributed by atoms with Crippen molar-refractivity contribution in [1.82, 2.24) is 10.3 Å². The fraction of sp³-hybridized carbons (Fsp3) is 0.786. The van der Waals surface area contributed by atoms with Gasteiger partial charge in [0.05, 0.1) is 0 Å². The van der Waals surface area contributed by atoms with Crippen molar-refractivity contribution in [2.45, 2.75) is 40.2 Å². The molecule has 0 aromatic carbocycles. The predicted octanol–water partition coefficient (Wildman–Crippen LogP) is 3.13. The third-order valence-electron chi connectivity index (χ3n) is 3.32. The minimum absolute atomic E-state index is 0.709. The first-order valence-corrected chi connectivity index (χ1v) is 7.87. The molecule has 3 nitrogen and oxygen atoms in total. The molecule has 0 radical (unpaired) electrons. The minimum Gasteiger partial charge on any atom is -0.348 e. The molecule has 1 N–H and O–H groups in total. The molecule has 1 aromatic rings. The second kappa shape index (κ2) is 6.53. The molecule has 0 spiro atoms. The Kier molecular flexibility index (Phi) is 5.01. The summed E-state index contributed by atoms with van der Waals surface area (Å²) in [7, 11) is 0. The Morgan fingerprint density at radius 2 is 2.39 bits per heavy atom. The molecule has 0 saturated carbocycles. The third-order valence-corrected chi connectivity index (χ3v) is 4.38. The standard InChI is InChI=1S/C14H25N3S/c1-11(2)7-15-8-13-9-16-14(18-13)17-6-4-5-12(3)10-17/h9,11-12,15H,4-8,10H2,1-3H3. The highest BCUT2D eigenvalue weighted by atomic mass is 32.1. The van der Waals surface area contributed by atoms with E-state index >= 15 is 0 Å². The molecule has 1 unspecified atom stereocenters. The molecule has 2 heterocycles. The van der Waals surface area contributed by atoms with Gasteiger partial charge in [0, 0.05) is 30.7 Å². The molecule has 4 heteroatoms. The molecular formula is C14H25N3S. The first-order chi connectivity index (χ1) is 8.65. The van der Waals surface area contributed by atoms with Gasteiger partial charge in [-0.25, -0.2) is 4.98 Å². The van der Waals surface area contributed by atoms with E-state index in [2.05, 4.69) is 36.0 Å². The molecule has 1 aliphatic rings. The molecule has 0 aliphatic carbocycles. The van der Waals surface area contributed by atoms with Crippen LogP contribution in [0.2, 0.25) is 0 Å². The first-order valence-electron chi connectivity index (χ1n) is 7.05. The number of rotatable bonds is 5. The van der Waals surface area contributed by atoms with Gasteiger partial charge in [0.1, 0.15) is 0 Å². The minimum atomic E-state index is 0.709. The lowest BCUT2D eigenvalue weighted by molar-refractivity contribution is 0.446. The van der Waals surface area contributed by atoms with Gasteiger partial charge in [0.2, 0.25) is 0 Å². The quantitative estimate of drug-likeness (QED) is 0.888. The van der Waals surface area contributed by atoms with Crippen molar-refractivity contribution in [1.29, 1.82) is 0 Å². The van der Waals surface area contributed by atoms with Gasteiger partial charge < -0.3 is 10.2 Å². The zero-order valence-corrected chi connectivity index (χ0v) is 12.6. The second-order valence-electron chi connectivity index (χ2n) is 5.83. The molecule has 1 aromatic heterocycles. The normalized spacial score (nSPS) is 20.7. The van der Waals surface area contributed by atoms with E-state index in [1.54, 1.807) is 0 Å². The highest BCUT2D eigenvalue weighted by Gasteiger charge is 2.18. The number of anilines is 1. The number of piperidine rings is 1. The fourth-order valence-electron chi connectivity index (χ4n) is 2.37. The highest BCUT2D eigenvalue weighted by molar-refractivity contribution is 7.15. The van der Waals surface area contributed by atoms with Crippen LogP contribution in [0, 0.1) is 11.8 Å². The van der Waals surface area contributed by atoms with E-state index in [-0.39, 0.29) is 0 Å². The lowest BCUT2D eigenvalue weighted by Gasteiger charge is -2.30. The molecule has 102 valence electrons. The van der Waals surface area contributed by atoms with Crippen molar-refractivity contribution in [3.8, 4) is 0 Å². The Morgan fingerprint density at radius 3 is 3.11 bits per heavy atom. The predicted molar refractivity (Wildman–Crippen MR) is 79.3 cm³/mol. The molecule has 2 rings (SSSR count). The zero-order chi connectivity index (χ0) is 13.0. The van der Waals surface area contributed by atoms with Crippen molar-refractivity contribution in [3.63, 3.8) is 0 Å². The summed E-state index contributed by atoms with van der Waals surface area (Å²) in [5, 5.41) is 4.69. The zero-order valence-electron chi connectivity index (χ0n) is 11.8. The summed E-state index contributed by atoms with van der Waals surface area (Å²) in [6, 6.07) is 0. The monoisotopic (exact) mass is 267 g/mol. The average molecular weight is 267 g/mol. The summed E-state index contributed by atoms with van der Waals surface area (Å²) in [6.45, 7) is 11.2. The third kappa shape index (κ3) is 3.95. The van der Waals surface area contributed by atoms with E-state index in [0.717, 1.165) is 19.0 Å². The van der Waals surface area contributed by atoms with Crippen LogP contribution < -0.4 is 10.2 Å². The van der Waals surface area contributed by atoms with Crippen LogP contribution in [0.1, 0.15) is 38.5 Å². The van der Waals surface area contributed by atoms with E-state index in [1.165, 1.54) is 35.9 Å².